The summed E-state index contributed by atoms with van der Waals surface area (Å²) in [4.78, 5) is 28.1. The zero-order chi connectivity index (χ0) is 23.6. The van der Waals surface area contributed by atoms with Gasteiger partial charge < -0.3 is 25.0 Å². The highest BCUT2D eigenvalue weighted by Crippen LogP contribution is 2.29. The highest BCUT2D eigenvalue weighted by molar-refractivity contribution is 6.06. The maximum Gasteiger partial charge on any atom is 0.255 e. The van der Waals surface area contributed by atoms with E-state index in [0.717, 1.165) is 38.0 Å². The molecule has 0 atom stereocenters. The SMILES string of the molecule is CCOCCCNC(=O)c1cc(NC(=O)c2cccc(OC)c2)ccc1N1CCC(C)CC1. The summed E-state index contributed by atoms with van der Waals surface area (Å²) in [6.07, 6.45) is 2.95. The largest absolute Gasteiger partial charge is 0.497 e. The molecule has 3 rings (SSSR count). The Morgan fingerprint density at radius 2 is 1.88 bits per heavy atom. The molecule has 7 heteroatoms. The van der Waals surface area contributed by atoms with Gasteiger partial charge in [0.05, 0.1) is 12.7 Å². The number of amides is 2. The van der Waals surface area contributed by atoms with E-state index in [1.54, 1.807) is 37.4 Å². The number of piperidine rings is 1. The van der Waals surface area contributed by atoms with Gasteiger partial charge in [0.25, 0.3) is 11.8 Å². The van der Waals surface area contributed by atoms with Crippen LogP contribution in [0.15, 0.2) is 42.5 Å². The summed E-state index contributed by atoms with van der Waals surface area (Å²) in [5.74, 6) is 0.914. The number of benzene rings is 2. The molecule has 33 heavy (non-hydrogen) atoms. The summed E-state index contributed by atoms with van der Waals surface area (Å²) >= 11 is 0. The summed E-state index contributed by atoms with van der Waals surface area (Å²) in [5, 5.41) is 5.91. The van der Waals surface area contributed by atoms with Crippen LogP contribution in [0.4, 0.5) is 11.4 Å². The number of nitrogens with zero attached hydrogens (tertiary/aromatic N) is 1. The fraction of sp³-hybridized carbons (Fsp3) is 0.462. The Morgan fingerprint density at radius 3 is 2.61 bits per heavy atom. The van der Waals surface area contributed by atoms with Gasteiger partial charge in [-0.05, 0) is 68.5 Å². The third-order valence-corrected chi connectivity index (χ3v) is 5.91. The topological polar surface area (TPSA) is 79.9 Å². The number of hydrogen-bond donors (Lipinski definition) is 2. The molecule has 0 aliphatic carbocycles. The van der Waals surface area contributed by atoms with Crippen LogP contribution in [0.3, 0.4) is 0 Å². The molecule has 0 aromatic heterocycles. The maximum absolute atomic E-state index is 13.1. The quantitative estimate of drug-likeness (QED) is 0.523. The number of rotatable bonds is 10. The number of carbonyl (C=O) groups excluding carboxylic acids is 2. The molecular weight excluding hydrogens is 418 g/mol. The van der Waals surface area contributed by atoms with Crippen LogP contribution < -0.4 is 20.3 Å². The molecule has 178 valence electrons. The molecular formula is C26H35N3O4. The normalized spacial score (nSPS) is 14.1. The van der Waals surface area contributed by atoms with E-state index in [2.05, 4.69) is 22.5 Å². The van der Waals surface area contributed by atoms with Gasteiger partial charge >= 0.3 is 0 Å². The Labute approximate surface area is 196 Å². The molecule has 0 spiro atoms. The molecule has 7 nitrogen and oxygen atoms in total. The van der Waals surface area contributed by atoms with E-state index in [9.17, 15) is 9.59 Å². The zero-order valence-corrected chi connectivity index (χ0v) is 19.9. The van der Waals surface area contributed by atoms with Gasteiger partial charge in [0.15, 0.2) is 0 Å². The molecule has 1 aliphatic rings. The molecule has 0 unspecified atom stereocenters. The summed E-state index contributed by atoms with van der Waals surface area (Å²) in [5.41, 5.74) is 2.55. The Hall–Kier alpha value is -3.06. The number of carbonyl (C=O) groups is 2. The first-order valence-electron chi connectivity index (χ1n) is 11.7. The number of hydrogen-bond acceptors (Lipinski definition) is 5. The Bertz CT molecular complexity index is 939. The zero-order valence-electron chi connectivity index (χ0n) is 19.9. The molecule has 0 bridgehead atoms. The molecule has 0 radical (unpaired) electrons. The van der Waals surface area contributed by atoms with Crippen molar-refractivity contribution in [2.45, 2.75) is 33.1 Å². The lowest BCUT2D eigenvalue weighted by Crippen LogP contribution is -2.35. The fourth-order valence-corrected chi connectivity index (χ4v) is 3.90. The lowest BCUT2D eigenvalue weighted by molar-refractivity contribution is 0.0943. The summed E-state index contributed by atoms with van der Waals surface area (Å²) in [6.45, 7) is 7.87. The van der Waals surface area contributed by atoms with Crippen molar-refractivity contribution in [2.75, 3.05) is 50.2 Å². The van der Waals surface area contributed by atoms with Crippen molar-refractivity contribution in [3.05, 3.63) is 53.6 Å². The third-order valence-electron chi connectivity index (χ3n) is 5.91. The van der Waals surface area contributed by atoms with Crippen LogP contribution in [0.25, 0.3) is 0 Å². The smallest absolute Gasteiger partial charge is 0.255 e. The van der Waals surface area contributed by atoms with Crippen LogP contribution in [0.5, 0.6) is 5.75 Å². The standard InChI is InChI=1S/C26H35N3O4/c1-4-33-16-6-13-27-26(31)23-18-21(9-10-24(23)29-14-11-19(2)12-15-29)28-25(30)20-7-5-8-22(17-20)32-3/h5,7-10,17-19H,4,6,11-16H2,1-3H3,(H,27,31)(H,28,30). The van der Waals surface area contributed by atoms with Crippen molar-refractivity contribution in [3.8, 4) is 5.75 Å². The third kappa shape index (κ3) is 6.96. The van der Waals surface area contributed by atoms with Gasteiger partial charge in [0, 0.05) is 49.8 Å². The second kappa shape index (κ2) is 12.3. The van der Waals surface area contributed by atoms with Gasteiger partial charge in [-0.25, -0.2) is 0 Å². The van der Waals surface area contributed by atoms with Crippen molar-refractivity contribution < 1.29 is 19.1 Å². The van der Waals surface area contributed by atoms with Gasteiger partial charge in [0.2, 0.25) is 0 Å². The van der Waals surface area contributed by atoms with Crippen LogP contribution >= 0.6 is 0 Å². The minimum Gasteiger partial charge on any atom is -0.497 e. The Kier molecular flexibility index (Phi) is 9.13. The van der Waals surface area contributed by atoms with Gasteiger partial charge in [-0.15, -0.1) is 0 Å². The van der Waals surface area contributed by atoms with E-state index in [0.29, 0.717) is 48.2 Å². The van der Waals surface area contributed by atoms with E-state index >= 15 is 0 Å². The lowest BCUT2D eigenvalue weighted by Gasteiger charge is -2.33. The Balaban J connectivity index is 1.78. The van der Waals surface area contributed by atoms with E-state index in [-0.39, 0.29) is 11.8 Å². The second-order valence-electron chi connectivity index (χ2n) is 8.39. The maximum atomic E-state index is 13.1. The van der Waals surface area contributed by atoms with Gasteiger partial charge in [-0.2, -0.15) is 0 Å². The highest BCUT2D eigenvalue weighted by Gasteiger charge is 2.22. The highest BCUT2D eigenvalue weighted by atomic mass is 16.5. The molecule has 1 fully saturated rings. The van der Waals surface area contributed by atoms with Crippen molar-refractivity contribution >= 4 is 23.2 Å². The van der Waals surface area contributed by atoms with Crippen LogP contribution in [0.1, 0.15) is 53.8 Å². The lowest BCUT2D eigenvalue weighted by atomic mass is 9.97. The fourth-order valence-electron chi connectivity index (χ4n) is 3.90. The average Bonchev–Trinajstić information content (AvgIpc) is 2.84. The van der Waals surface area contributed by atoms with Gasteiger partial charge in [0.1, 0.15) is 5.75 Å². The van der Waals surface area contributed by atoms with Crippen LogP contribution in [0, 0.1) is 5.92 Å². The number of anilines is 2. The number of methoxy groups -OCH3 is 1. The molecule has 2 aromatic rings. The van der Waals surface area contributed by atoms with Gasteiger partial charge in [-0.1, -0.05) is 13.0 Å². The molecule has 2 aromatic carbocycles. The van der Waals surface area contributed by atoms with E-state index in [4.69, 9.17) is 9.47 Å². The predicted molar refractivity (Wildman–Crippen MR) is 131 cm³/mol. The Morgan fingerprint density at radius 1 is 1.09 bits per heavy atom. The van der Waals surface area contributed by atoms with E-state index in [1.165, 1.54) is 0 Å². The molecule has 1 heterocycles. The van der Waals surface area contributed by atoms with Crippen LogP contribution in [0.2, 0.25) is 0 Å². The molecule has 2 N–H and O–H groups in total. The first kappa shape index (κ1) is 24.6. The van der Waals surface area contributed by atoms with Crippen molar-refractivity contribution in [1.82, 2.24) is 5.32 Å². The number of ether oxygens (including phenoxy) is 2. The van der Waals surface area contributed by atoms with E-state index < -0.39 is 0 Å². The monoisotopic (exact) mass is 453 g/mol. The molecule has 2 amide bonds. The van der Waals surface area contributed by atoms with Crippen LogP contribution in [-0.2, 0) is 4.74 Å². The second-order valence-corrected chi connectivity index (χ2v) is 8.39. The minimum atomic E-state index is -0.253. The summed E-state index contributed by atoms with van der Waals surface area (Å²) < 4.78 is 10.6. The first-order chi connectivity index (χ1) is 16.0. The van der Waals surface area contributed by atoms with E-state index in [1.807, 2.05) is 19.1 Å². The summed E-state index contributed by atoms with van der Waals surface area (Å²) in [6, 6.07) is 12.5. The number of nitrogens with one attached hydrogen (secondary N) is 2. The minimum absolute atomic E-state index is 0.141. The molecule has 1 saturated heterocycles. The van der Waals surface area contributed by atoms with Crippen LogP contribution in [-0.4, -0.2) is 51.8 Å². The summed E-state index contributed by atoms with van der Waals surface area (Å²) in [7, 11) is 1.57. The molecule has 1 aliphatic heterocycles. The predicted octanol–water partition coefficient (Wildman–Crippen LogP) is 4.34. The average molecular weight is 454 g/mol. The van der Waals surface area contributed by atoms with Crippen molar-refractivity contribution in [2.24, 2.45) is 5.92 Å². The molecule has 0 saturated carbocycles. The van der Waals surface area contributed by atoms with Gasteiger partial charge in [-0.3, -0.25) is 9.59 Å². The first-order valence-corrected chi connectivity index (χ1v) is 11.7. The van der Waals surface area contributed by atoms with Crippen molar-refractivity contribution in [3.63, 3.8) is 0 Å². The van der Waals surface area contributed by atoms with Crippen molar-refractivity contribution in [1.29, 1.82) is 0 Å².